The normalized spacial score (nSPS) is 14.6. The Labute approximate surface area is 188 Å². The highest BCUT2D eigenvalue weighted by atomic mass is 32.2. The minimum atomic E-state index is -0.642. The number of carbonyl (C=O) groups is 1. The van der Waals surface area contributed by atoms with Gasteiger partial charge in [0.2, 0.25) is 11.0 Å². The first-order valence-electron chi connectivity index (χ1n) is 10.3. The molecule has 1 aliphatic carbocycles. The molecule has 4 rings (SSSR count). The maximum absolute atomic E-state index is 12.4. The van der Waals surface area contributed by atoms with E-state index < -0.39 is 6.09 Å². The molecule has 0 saturated heterocycles. The highest BCUT2D eigenvalue weighted by Gasteiger charge is 2.24. The van der Waals surface area contributed by atoms with Crippen LogP contribution < -0.4 is 14.8 Å². The first-order valence-corrected chi connectivity index (χ1v) is 12.0. The van der Waals surface area contributed by atoms with Crippen LogP contribution in [0, 0.1) is 0 Å². The van der Waals surface area contributed by atoms with Crippen molar-refractivity contribution in [2.75, 3.05) is 19.0 Å². The summed E-state index contributed by atoms with van der Waals surface area (Å²) in [6.45, 7) is 3.05. The molecule has 166 valence electrons. The Bertz CT molecular complexity index is 1020. The maximum atomic E-state index is 12.4. The Hall–Kier alpha value is -2.37. The molecule has 1 amide bonds. The van der Waals surface area contributed by atoms with Crippen LogP contribution in [0.25, 0.3) is 10.1 Å². The van der Waals surface area contributed by atoms with Gasteiger partial charge in [-0.15, -0.1) is 11.8 Å². The van der Waals surface area contributed by atoms with Gasteiger partial charge in [0.05, 0.1) is 18.6 Å². The molecular weight excluding hydrogens is 438 g/mol. The number of H-pyrrole nitrogens is 1. The van der Waals surface area contributed by atoms with Crippen molar-refractivity contribution in [1.29, 1.82) is 0 Å². The van der Waals surface area contributed by atoms with Gasteiger partial charge in [0.1, 0.15) is 5.75 Å². The third kappa shape index (κ3) is 5.28. The summed E-state index contributed by atoms with van der Waals surface area (Å²) in [5, 5.41) is 17.6. The van der Waals surface area contributed by atoms with Gasteiger partial charge in [-0.05, 0) is 42.3 Å². The van der Waals surface area contributed by atoms with Gasteiger partial charge in [-0.3, -0.25) is 5.32 Å². The number of methoxy groups -OCH3 is 1. The Balaban J connectivity index is 1.67. The predicted molar refractivity (Wildman–Crippen MR) is 120 cm³/mol. The highest BCUT2D eigenvalue weighted by Crippen LogP contribution is 2.49. The van der Waals surface area contributed by atoms with Gasteiger partial charge in [0.15, 0.2) is 0 Å². The van der Waals surface area contributed by atoms with Gasteiger partial charge in [0, 0.05) is 27.5 Å². The second-order valence-corrected chi connectivity index (χ2v) is 9.48. The zero-order chi connectivity index (χ0) is 21.6. The van der Waals surface area contributed by atoms with Crippen LogP contribution in [0.4, 0.5) is 10.7 Å². The summed E-state index contributed by atoms with van der Waals surface area (Å²) in [7, 11) is 1.66. The van der Waals surface area contributed by atoms with Crippen molar-refractivity contribution in [2.24, 2.45) is 0 Å². The van der Waals surface area contributed by atoms with Crippen LogP contribution in [-0.4, -0.2) is 45.7 Å². The number of rotatable bonds is 8. The van der Waals surface area contributed by atoms with Gasteiger partial charge in [-0.25, -0.2) is 9.89 Å². The fraction of sp³-hybridized carbons (Fsp3) is 0.500. The summed E-state index contributed by atoms with van der Waals surface area (Å²) in [6, 6.07) is 4.08. The van der Waals surface area contributed by atoms with E-state index in [0.29, 0.717) is 23.5 Å². The van der Waals surface area contributed by atoms with Crippen molar-refractivity contribution in [2.45, 2.75) is 55.8 Å². The molecule has 31 heavy (non-hydrogen) atoms. The average Bonchev–Trinajstić information content (AvgIpc) is 3.40. The lowest BCUT2D eigenvalue weighted by Gasteiger charge is -2.21. The standard InChI is InChI=1S/C20H25N5O4S2/c1-3-28-11-12-9-16-14(10-15(12)27-2)17(30-13-7-5-4-6-8-13)18(31-16)29-20(26)21-19-22-24-25-23-19/h9-10,13H,3-8,11H2,1-2H3,(H2,21,22,23,24,25,26). The lowest BCUT2D eigenvalue weighted by Crippen LogP contribution is -2.17. The van der Waals surface area contributed by atoms with Crippen LogP contribution in [0.2, 0.25) is 0 Å². The molecule has 0 bridgehead atoms. The smallest absolute Gasteiger partial charge is 0.420 e. The molecule has 1 fully saturated rings. The summed E-state index contributed by atoms with van der Waals surface area (Å²) in [5.74, 6) is 0.904. The number of thiophene rings is 1. The SMILES string of the molecule is CCOCc1cc2sc(OC(=O)Nc3nnn[nH]3)c(SC3CCCCC3)c2cc1OC. The number of fused-ring (bicyclic) bond motifs is 1. The van der Waals surface area contributed by atoms with Gasteiger partial charge in [-0.1, -0.05) is 35.7 Å². The number of aromatic amines is 1. The summed E-state index contributed by atoms with van der Waals surface area (Å²) in [6.07, 6.45) is 5.44. The van der Waals surface area contributed by atoms with Crippen LogP contribution in [0.1, 0.15) is 44.6 Å². The van der Waals surface area contributed by atoms with Crippen LogP contribution in [0.15, 0.2) is 17.0 Å². The van der Waals surface area contributed by atoms with E-state index in [1.54, 1.807) is 18.9 Å². The number of aromatic nitrogens is 4. The van der Waals surface area contributed by atoms with E-state index in [1.165, 1.54) is 30.6 Å². The largest absolute Gasteiger partial charge is 0.496 e. The van der Waals surface area contributed by atoms with Crippen molar-refractivity contribution in [1.82, 2.24) is 20.6 Å². The van der Waals surface area contributed by atoms with Crippen LogP contribution >= 0.6 is 23.1 Å². The average molecular weight is 464 g/mol. The molecule has 1 aliphatic rings. The monoisotopic (exact) mass is 463 g/mol. The van der Waals surface area contributed by atoms with Gasteiger partial charge < -0.3 is 14.2 Å². The van der Waals surface area contributed by atoms with E-state index in [4.69, 9.17) is 14.2 Å². The van der Waals surface area contributed by atoms with Crippen LogP contribution in [0.3, 0.4) is 0 Å². The van der Waals surface area contributed by atoms with Gasteiger partial charge >= 0.3 is 6.09 Å². The van der Waals surface area contributed by atoms with Crippen LogP contribution in [0.5, 0.6) is 10.8 Å². The van der Waals surface area contributed by atoms with Crippen molar-refractivity contribution < 1.29 is 19.0 Å². The number of nitrogens with zero attached hydrogens (tertiary/aromatic N) is 3. The highest BCUT2D eigenvalue weighted by molar-refractivity contribution is 8.00. The Morgan fingerprint density at radius 1 is 1.32 bits per heavy atom. The van der Waals surface area contributed by atoms with Gasteiger partial charge in [-0.2, -0.15) is 0 Å². The first-order chi connectivity index (χ1) is 15.2. The molecule has 0 radical (unpaired) electrons. The number of hydrogen-bond donors (Lipinski definition) is 2. The van der Waals surface area contributed by atoms with E-state index in [2.05, 4.69) is 32.0 Å². The van der Waals surface area contributed by atoms with E-state index in [9.17, 15) is 4.79 Å². The molecule has 1 saturated carbocycles. The second kappa shape index (κ2) is 10.3. The quantitative estimate of drug-likeness (QED) is 0.480. The van der Waals surface area contributed by atoms with E-state index in [-0.39, 0.29) is 5.95 Å². The number of benzene rings is 1. The van der Waals surface area contributed by atoms with Crippen molar-refractivity contribution in [3.63, 3.8) is 0 Å². The van der Waals surface area contributed by atoms with Crippen LogP contribution in [-0.2, 0) is 11.3 Å². The molecular formula is C20H25N5O4S2. The molecule has 2 N–H and O–H groups in total. The van der Waals surface area contributed by atoms with E-state index >= 15 is 0 Å². The number of amides is 1. The zero-order valence-corrected chi connectivity index (χ0v) is 19.1. The Kier molecular flexibility index (Phi) is 7.25. The number of nitrogens with one attached hydrogen (secondary N) is 2. The molecule has 1 aromatic carbocycles. The first kappa shape index (κ1) is 21.8. The van der Waals surface area contributed by atoms with Crippen molar-refractivity contribution in [3.8, 4) is 10.8 Å². The third-order valence-electron chi connectivity index (χ3n) is 5.06. The summed E-state index contributed by atoms with van der Waals surface area (Å²) in [5.41, 5.74) is 0.969. The molecule has 0 aliphatic heterocycles. The minimum absolute atomic E-state index is 0.133. The Morgan fingerprint density at radius 3 is 2.87 bits per heavy atom. The number of thioether (sulfide) groups is 1. The number of ether oxygens (including phenoxy) is 3. The third-order valence-corrected chi connectivity index (χ3v) is 7.67. The van der Waals surface area contributed by atoms with E-state index in [0.717, 1.165) is 39.1 Å². The molecule has 2 heterocycles. The number of tetrazole rings is 1. The molecule has 11 heteroatoms. The summed E-state index contributed by atoms with van der Waals surface area (Å²) >= 11 is 3.23. The summed E-state index contributed by atoms with van der Waals surface area (Å²) in [4.78, 5) is 13.4. The number of hydrogen-bond acceptors (Lipinski definition) is 9. The van der Waals surface area contributed by atoms with Crippen molar-refractivity contribution >= 4 is 45.2 Å². The maximum Gasteiger partial charge on any atom is 0.420 e. The fourth-order valence-corrected chi connectivity index (χ4v) is 6.24. The molecule has 3 aromatic rings. The van der Waals surface area contributed by atoms with Crippen molar-refractivity contribution in [3.05, 3.63) is 17.7 Å². The number of carbonyl (C=O) groups excluding carboxylic acids is 1. The number of anilines is 1. The molecule has 0 unspecified atom stereocenters. The summed E-state index contributed by atoms with van der Waals surface area (Å²) < 4.78 is 17.9. The topological polar surface area (TPSA) is 111 Å². The molecule has 0 spiro atoms. The zero-order valence-electron chi connectivity index (χ0n) is 17.5. The lowest BCUT2D eigenvalue weighted by molar-refractivity contribution is 0.132. The molecule has 2 aromatic heterocycles. The minimum Gasteiger partial charge on any atom is -0.496 e. The lowest BCUT2D eigenvalue weighted by atomic mass is 10.0. The Morgan fingerprint density at radius 2 is 2.16 bits per heavy atom. The van der Waals surface area contributed by atoms with E-state index in [1.807, 2.05) is 13.0 Å². The molecule has 9 nitrogen and oxygen atoms in total. The second-order valence-electron chi connectivity index (χ2n) is 7.16. The fourth-order valence-electron chi connectivity index (χ4n) is 3.58. The van der Waals surface area contributed by atoms with Gasteiger partial charge in [0.25, 0.3) is 0 Å². The molecule has 0 atom stereocenters. The predicted octanol–water partition coefficient (Wildman–Crippen LogP) is 5.00.